The standard InChI is InChI=1S/C16H15N3O/c1-12-13-6-2-3-7-15(13)19(14(12)8-4-11-20)16-17-9-5-10-18-16/h2-3,5-7,9-11H,4,8H2,1H3. The van der Waals surface area contributed by atoms with Gasteiger partial charge in [0.15, 0.2) is 0 Å². The van der Waals surface area contributed by atoms with Crippen LogP contribution in [0.25, 0.3) is 16.9 Å². The van der Waals surface area contributed by atoms with Crippen LogP contribution in [-0.4, -0.2) is 20.8 Å². The average Bonchev–Trinajstić information content (AvgIpc) is 2.79. The number of aryl methyl sites for hydroxylation is 1. The molecule has 4 nitrogen and oxygen atoms in total. The lowest BCUT2D eigenvalue weighted by atomic mass is 10.1. The Morgan fingerprint density at radius 3 is 2.65 bits per heavy atom. The van der Waals surface area contributed by atoms with Gasteiger partial charge in [-0.3, -0.25) is 4.57 Å². The van der Waals surface area contributed by atoms with Crippen LogP contribution in [0.4, 0.5) is 0 Å². The van der Waals surface area contributed by atoms with Crippen LogP contribution in [0.1, 0.15) is 17.7 Å². The normalized spacial score (nSPS) is 10.8. The Bertz CT molecular complexity index is 747. The van der Waals surface area contributed by atoms with Crippen LogP contribution in [0.2, 0.25) is 0 Å². The van der Waals surface area contributed by atoms with Crippen molar-refractivity contribution in [3.63, 3.8) is 0 Å². The Morgan fingerprint density at radius 2 is 1.90 bits per heavy atom. The molecule has 20 heavy (non-hydrogen) atoms. The number of hydrogen-bond acceptors (Lipinski definition) is 3. The third-order valence-corrected chi connectivity index (χ3v) is 3.50. The lowest BCUT2D eigenvalue weighted by molar-refractivity contribution is -0.107. The quantitative estimate of drug-likeness (QED) is 0.681. The highest BCUT2D eigenvalue weighted by atomic mass is 16.1. The van der Waals surface area contributed by atoms with Crippen molar-refractivity contribution < 1.29 is 4.79 Å². The van der Waals surface area contributed by atoms with E-state index in [0.29, 0.717) is 18.8 Å². The number of fused-ring (bicyclic) bond motifs is 1. The molecule has 0 radical (unpaired) electrons. The maximum atomic E-state index is 10.7. The van der Waals surface area contributed by atoms with E-state index in [1.807, 2.05) is 16.7 Å². The third kappa shape index (κ3) is 1.99. The number of carbonyl (C=O) groups excluding carboxylic acids is 1. The van der Waals surface area contributed by atoms with E-state index in [0.717, 1.165) is 17.5 Å². The lowest BCUT2D eigenvalue weighted by Crippen LogP contribution is -2.05. The van der Waals surface area contributed by atoms with Crippen molar-refractivity contribution in [3.8, 4) is 5.95 Å². The number of nitrogens with zero attached hydrogens (tertiary/aromatic N) is 3. The molecule has 0 aliphatic heterocycles. The summed E-state index contributed by atoms with van der Waals surface area (Å²) in [7, 11) is 0. The number of benzene rings is 1. The molecule has 2 aromatic heterocycles. The summed E-state index contributed by atoms with van der Waals surface area (Å²) in [6.45, 7) is 2.09. The first-order valence-electron chi connectivity index (χ1n) is 6.63. The van der Waals surface area contributed by atoms with Crippen molar-refractivity contribution in [1.82, 2.24) is 14.5 Å². The van der Waals surface area contributed by atoms with Crippen molar-refractivity contribution in [2.75, 3.05) is 0 Å². The van der Waals surface area contributed by atoms with Crippen molar-refractivity contribution in [3.05, 3.63) is 54.0 Å². The zero-order chi connectivity index (χ0) is 13.9. The van der Waals surface area contributed by atoms with Gasteiger partial charge in [0, 0.05) is 29.9 Å². The molecule has 0 unspecified atom stereocenters. The predicted molar refractivity (Wildman–Crippen MR) is 78.0 cm³/mol. The fourth-order valence-corrected chi connectivity index (χ4v) is 2.58. The Labute approximate surface area is 117 Å². The van der Waals surface area contributed by atoms with Gasteiger partial charge in [0.25, 0.3) is 0 Å². The first kappa shape index (κ1) is 12.5. The molecular formula is C16H15N3O. The molecule has 0 bridgehead atoms. The Balaban J connectivity index is 2.29. The summed E-state index contributed by atoms with van der Waals surface area (Å²) in [6, 6.07) is 9.98. The molecule has 0 saturated carbocycles. The summed E-state index contributed by atoms with van der Waals surface area (Å²) < 4.78 is 2.05. The van der Waals surface area contributed by atoms with Gasteiger partial charge < -0.3 is 4.79 Å². The van der Waals surface area contributed by atoms with Gasteiger partial charge >= 0.3 is 0 Å². The number of aromatic nitrogens is 3. The van der Waals surface area contributed by atoms with Crippen LogP contribution in [0.5, 0.6) is 0 Å². The van der Waals surface area contributed by atoms with Crippen LogP contribution < -0.4 is 0 Å². The van der Waals surface area contributed by atoms with Crippen molar-refractivity contribution in [2.45, 2.75) is 19.8 Å². The first-order valence-corrected chi connectivity index (χ1v) is 6.63. The van der Waals surface area contributed by atoms with Crippen molar-refractivity contribution in [2.24, 2.45) is 0 Å². The van der Waals surface area contributed by atoms with Gasteiger partial charge in [-0.05, 0) is 31.0 Å². The molecule has 0 saturated heterocycles. The summed E-state index contributed by atoms with van der Waals surface area (Å²) in [5.41, 5.74) is 3.37. The molecule has 0 aliphatic carbocycles. The summed E-state index contributed by atoms with van der Waals surface area (Å²) >= 11 is 0. The largest absolute Gasteiger partial charge is 0.303 e. The molecule has 0 amide bonds. The Kier molecular flexibility index (Phi) is 3.29. The van der Waals surface area contributed by atoms with Gasteiger partial charge in [-0.2, -0.15) is 0 Å². The van der Waals surface area contributed by atoms with Gasteiger partial charge in [-0.15, -0.1) is 0 Å². The fraction of sp³-hybridized carbons (Fsp3) is 0.188. The van der Waals surface area contributed by atoms with E-state index in [9.17, 15) is 4.79 Å². The highest BCUT2D eigenvalue weighted by Crippen LogP contribution is 2.28. The van der Waals surface area contributed by atoms with E-state index >= 15 is 0 Å². The highest BCUT2D eigenvalue weighted by molar-refractivity contribution is 5.86. The Morgan fingerprint density at radius 1 is 1.15 bits per heavy atom. The SMILES string of the molecule is Cc1c(CCC=O)n(-c2ncccn2)c2ccccc12. The van der Waals surface area contributed by atoms with Crippen molar-refractivity contribution >= 4 is 17.2 Å². The molecule has 0 N–H and O–H groups in total. The van der Waals surface area contributed by atoms with E-state index in [2.05, 4.69) is 29.0 Å². The minimum absolute atomic E-state index is 0.504. The topological polar surface area (TPSA) is 47.8 Å². The van der Waals surface area contributed by atoms with Crippen LogP contribution in [0.15, 0.2) is 42.7 Å². The first-order chi connectivity index (χ1) is 9.83. The second-order valence-corrected chi connectivity index (χ2v) is 4.68. The van der Waals surface area contributed by atoms with E-state index in [1.54, 1.807) is 18.5 Å². The summed E-state index contributed by atoms with van der Waals surface area (Å²) in [6.07, 6.45) is 5.62. The molecule has 0 fully saturated rings. The van der Waals surface area contributed by atoms with Gasteiger partial charge in [-0.1, -0.05) is 18.2 Å². The molecule has 0 aliphatic rings. The van der Waals surface area contributed by atoms with Gasteiger partial charge in [0.05, 0.1) is 5.52 Å². The van der Waals surface area contributed by atoms with Gasteiger partial charge in [0.2, 0.25) is 5.95 Å². The van der Waals surface area contributed by atoms with E-state index in [4.69, 9.17) is 0 Å². The number of aldehydes is 1. The smallest absolute Gasteiger partial charge is 0.234 e. The second kappa shape index (κ2) is 5.25. The number of carbonyl (C=O) groups is 1. The van der Waals surface area contributed by atoms with Crippen LogP contribution in [0, 0.1) is 6.92 Å². The maximum absolute atomic E-state index is 10.7. The number of hydrogen-bond donors (Lipinski definition) is 0. The summed E-state index contributed by atoms with van der Waals surface area (Å²) in [4.78, 5) is 19.4. The molecule has 4 heteroatoms. The van der Waals surface area contributed by atoms with Crippen molar-refractivity contribution in [1.29, 1.82) is 0 Å². The molecule has 0 spiro atoms. The summed E-state index contributed by atoms with van der Waals surface area (Å²) in [5, 5.41) is 1.18. The summed E-state index contributed by atoms with van der Waals surface area (Å²) in [5.74, 6) is 0.651. The second-order valence-electron chi connectivity index (χ2n) is 4.68. The third-order valence-electron chi connectivity index (χ3n) is 3.50. The fourth-order valence-electron chi connectivity index (χ4n) is 2.58. The van der Waals surface area contributed by atoms with Gasteiger partial charge in [-0.25, -0.2) is 9.97 Å². The Hall–Kier alpha value is -2.49. The molecule has 3 aromatic rings. The zero-order valence-electron chi connectivity index (χ0n) is 11.3. The minimum atomic E-state index is 0.504. The average molecular weight is 265 g/mol. The van der Waals surface area contributed by atoms with Crippen LogP contribution in [0.3, 0.4) is 0 Å². The monoisotopic (exact) mass is 265 g/mol. The number of para-hydroxylation sites is 1. The maximum Gasteiger partial charge on any atom is 0.234 e. The number of rotatable bonds is 4. The highest BCUT2D eigenvalue weighted by Gasteiger charge is 2.15. The van der Waals surface area contributed by atoms with E-state index in [1.165, 1.54) is 10.9 Å². The molecular weight excluding hydrogens is 250 g/mol. The predicted octanol–water partition coefficient (Wildman–Crippen LogP) is 2.86. The van der Waals surface area contributed by atoms with Crippen LogP contribution in [-0.2, 0) is 11.2 Å². The minimum Gasteiger partial charge on any atom is -0.303 e. The van der Waals surface area contributed by atoms with Gasteiger partial charge in [0.1, 0.15) is 6.29 Å². The van der Waals surface area contributed by atoms with E-state index in [-0.39, 0.29) is 0 Å². The molecule has 100 valence electrons. The van der Waals surface area contributed by atoms with E-state index < -0.39 is 0 Å². The lowest BCUT2D eigenvalue weighted by Gasteiger charge is -2.08. The molecule has 1 aromatic carbocycles. The molecule has 2 heterocycles. The zero-order valence-corrected chi connectivity index (χ0v) is 11.3. The molecule has 3 rings (SSSR count). The molecule has 0 atom stereocenters. The van der Waals surface area contributed by atoms with Crippen LogP contribution >= 0.6 is 0 Å².